The molecular weight excluding hydrogens is 228 g/mol. The number of hydrogen-bond donors (Lipinski definition) is 1. The lowest BCUT2D eigenvalue weighted by molar-refractivity contribution is 0.0695. The van der Waals surface area contributed by atoms with Crippen molar-refractivity contribution >= 4 is 5.97 Å². The van der Waals surface area contributed by atoms with Gasteiger partial charge in [0.2, 0.25) is 0 Å². The number of carboxylic acids is 1. The van der Waals surface area contributed by atoms with Crippen LogP contribution < -0.4 is 4.74 Å². The van der Waals surface area contributed by atoms with Gasteiger partial charge < -0.3 is 9.84 Å². The maximum Gasteiger partial charge on any atom is 0.335 e. The molecule has 1 aromatic carbocycles. The maximum atomic E-state index is 10.9. The monoisotopic (exact) mass is 250 g/mol. The van der Waals surface area contributed by atoms with Gasteiger partial charge >= 0.3 is 5.97 Å². The standard InChI is InChI=1S/C15H22O3/c1-3-5-9-13(7-4-2)18-14-10-6-8-12(11-14)15(16)17/h6,8,10-11,13H,3-5,7,9H2,1-2H3,(H,16,17). The van der Waals surface area contributed by atoms with E-state index in [0.29, 0.717) is 5.75 Å². The van der Waals surface area contributed by atoms with Crippen molar-refractivity contribution in [3.05, 3.63) is 29.8 Å². The molecule has 0 fully saturated rings. The first-order valence-electron chi connectivity index (χ1n) is 6.67. The SMILES string of the molecule is CCCCC(CCC)Oc1cccc(C(=O)O)c1. The van der Waals surface area contributed by atoms with Crippen LogP contribution in [-0.2, 0) is 0 Å². The van der Waals surface area contributed by atoms with E-state index in [1.807, 2.05) is 6.07 Å². The zero-order chi connectivity index (χ0) is 13.4. The molecule has 0 aliphatic rings. The van der Waals surface area contributed by atoms with Crippen LogP contribution in [0.2, 0.25) is 0 Å². The van der Waals surface area contributed by atoms with Gasteiger partial charge in [0, 0.05) is 0 Å². The Morgan fingerprint density at radius 1 is 1.28 bits per heavy atom. The number of carboxylic acid groups (broad SMARTS) is 1. The molecule has 0 saturated carbocycles. The van der Waals surface area contributed by atoms with Gasteiger partial charge in [-0.2, -0.15) is 0 Å². The lowest BCUT2D eigenvalue weighted by Gasteiger charge is -2.18. The molecule has 18 heavy (non-hydrogen) atoms. The van der Waals surface area contributed by atoms with Gasteiger partial charge in [-0.15, -0.1) is 0 Å². The summed E-state index contributed by atoms with van der Waals surface area (Å²) in [5.74, 6) is -0.259. The lowest BCUT2D eigenvalue weighted by Crippen LogP contribution is -2.16. The number of unbranched alkanes of at least 4 members (excludes halogenated alkanes) is 1. The first-order valence-corrected chi connectivity index (χ1v) is 6.67. The van der Waals surface area contributed by atoms with Gasteiger partial charge in [-0.3, -0.25) is 0 Å². The number of carbonyl (C=O) groups is 1. The van der Waals surface area contributed by atoms with Crippen LogP contribution in [0.4, 0.5) is 0 Å². The van der Waals surface area contributed by atoms with Gasteiger partial charge in [-0.1, -0.05) is 39.2 Å². The number of aromatic carboxylic acids is 1. The molecule has 1 rings (SSSR count). The first-order chi connectivity index (χ1) is 8.67. The molecule has 0 aromatic heterocycles. The molecule has 3 nitrogen and oxygen atoms in total. The highest BCUT2D eigenvalue weighted by Gasteiger charge is 2.10. The van der Waals surface area contributed by atoms with E-state index >= 15 is 0 Å². The van der Waals surface area contributed by atoms with Gasteiger partial charge in [-0.25, -0.2) is 4.79 Å². The van der Waals surface area contributed by atoms with E-state index in [1.54, 1.807) is 18.2 Å². The predicted octanol–water partition coefficient (Wildman–Crippen LogP) is 4.12. The Labute approximate surface area is 109 Å². The quantitative estimate of drug-likeness (QED) is 0.754. The summed E-state index contributed by atoms with van der Waals surface area (Å²) in [6.07, 6.45) is 5.60. The molecule has 3 heteroatoms. The van der Waals surface area contributed by atoms with Crippen molar-refractivity contribution in [3.63, 3.8) is 0 Å². The molecule has 0 amide bonds. The molecule has 100 valence electrons. The largest absolute Gasteiger partial charge is 0.490 e. The van der Waals surface area contributed by atoms with Crippen LogP contribution in [0.3, 0.4) is 0 Å². The van der Waals surface area contributed by atoms with Crippen molar-refractivity contribution in [1.29, 1.82) is 0 Å². The third-order valence-corrected chi connectivity index (χ3v) is 2.87. The molecule has 0 aliphatic carbocycles. The molecule has 0 bridgehead atoms. The third kappa shape index (κ3) is 4.78. The van der Waals surface area contributed by atoms with E-state index in [-0.39, 0.29) is 11.7 Å². The second-order valence-corrected chi connectivity index (χ2v) is 4.50. The molecule has 0 saturated heterocycles. The van der Waals surface area contributed by atoms with Crippen molar-refractivity contribution < 1.29 is 14.6 Å². The molecule has 1 N–H and O–H groups in total. The summed E-state index contributed by atoms with van der Waals surface area (Å²) in [4.78, 5) is 10.9. The Morgan fingerprint density at radius 2 is 2.06 bits per heavy atom. The van der Waals surface area contributed by atoms with Crippen LogP contribution in [0.25, 0.3) is 0 Å². The van der Waals surface area contributed by atoms with E-state index in [0.717, 1.165) is 32.1 Å². The van der Waals surface area contributed by atoms with Crippen LogP contribution in [0.1, 0.15) is 56.3 Å². The summed E-state index contributed by atoms with van der Waals surface area (Å²) in [7, 11) is 0. The van der Waals surface area contributed by atoms with Crippen LogP contribution in [-0.4, -0.2) is 17.2 Å². The minimum atomic E-state index is -0.916. The fourth-order valence-electron chi connectivity index (χ4n) is 1.91. The van der Waals surface area contributed by atoms with Crippen molar-refractivity contribution in [2.75, 3.05) is 0 Å². The molecule has 1 unspecified atom stereocenters. The average Bonchev–Trinajstić information content (AvgIpc) is 2.36. The third-order valence-electron chi connectivity index (χ3n) is 2.87. The van der Waals surface area contributed by atoms with Crippen molar-refractivity contribution in [2.45, 2.75) is 52.1 Å². The van der Waals surface area contributed by atoms with E-state index in [2.05, 4.69) is 13.8 Å². The fourth-order valence-corrected chi connectivity index (χ4v) is 1.91. The summed E-state index contributed by atoms with van der Waals surface area (Å²) in [5, 5.41) is 8.93. The van der Waals surface area contributed by atoms with E-state index < -0.39 is 5.97 Å². The Hall–Kier alpha value is -1.51. The van der Waals surface area contributed by atoms with Gasteiger partial charge in [0.05, 0.1) is 11.7 Å². The number of benzene rings is 1. The predicted molar refractivity (Wildman–Crippen MR) is 72.3 cm³/mol. The molecule has 1 atom stereocenters. The Morgan fingerprint density at radius 3 is 2.67 bits per heavy atom. The Kier molecular flexibility index (Phi) is 6.26. The van der Waals surface area contributed by atoms with Crippen LogP contribution in [0, 0.1) is 0 Å². The molecule has 1 aromatic rings. The lowest BCUT2D eigenvalue weighted by atomic mass is 10.1. The highest BCUT2D eigenvalue weighted by atomic mass is 16.5. The van der Waals surface area contributed by atoms with Crippen molar-refractivity contribution in [3.8, 4) is 5.75 Å². The summed E-state index contributed by atoms with van der Waals surface area (Å²) < 4.78 is 5.88. The highest BCUT2D eigenvalue weighted by Crippen LogP contribution is 2.19. The van der Waals surface area contributed by atoms with Crippen LogP contribution >= 0.6 is 0 Å². The topological polar surface area (TPSA) is 46.5 Å². The minimum Gasteiger partial charge on any atom is -0.490 e. The molecule has 0 spiro atoms. The van der Waals surface area contributed by atoms with Gasteiger partial charge in [-0.05, 0) is 31.0 Å². The zero-order valence-corrected chi connectivity index (χ0v) is 11.2. The second kappa shape index (κ2) is 7.75. The molecular formula is C15H22O3. The minimum absolute atomic E-state index is 0.194. The van der Waals surface area contributed by atoms with Crippen molar-refractivity contribution in [1.82, 2.24) is 0 Å². The van der Waals surface area contributed by atoms with E-state index in [4.69, 9.17) is 9.84 Å². The molecule has 0 radical (unpaired) electrons. The van der Waals surface area contributed by atoms with Gasteiger partial charge in [0.25, 0.3) is 0 Å². The fraction of sp³-hybridized carbons (Fsp3) is 0.533. The number of hydrogen-bond acceptors (Lipinski definition) is 2. The molecule has 0 heterocycles. The first kappa shape index (κ1) is 14.6. The number of ether oxygens (including phenoxy) is 1. The summed E-state index contributed by atoms with van der Waals surface area (Å²) >= 11 is 0. The maximum absolute atomic E-state index is 10.9. The smallest absolute Gasteiger partial charge is 0.335 e. The zero-order valence-electron chi connectivity index (χ0n) is 11.2. The summed E-state index contributed by atoms with van der Waals surface area (Å²) in [6.45, 7) is 4.30. The van der Waals surface area contributed by atoms with E-state index in [1.165, 1.54) is 0 Å². The summed E-state index contributed by atoms with van der Waals surface area (Å²) in [5.41, 5.74) is 0.276. The van der Waals surface area contributed by atoms with E-state index in [9.17, 15) is 4.79 Å². The number of rotatable bonds is 8. The van der Waals surface area contributed by atoms with Crippen LogP contribution in [0.15, 0.2) is 24.3 Å². The Balaban J connectivity index is 2.67. The van der Waals surface area contributed by atoms with Crippen LogP contribution in [0.5, 0.6) is 5.75 Å². The molecule has 0 aliphatic heterocycles. The van der Waals surface area contributed by atoms with Gasteiger partial charge in [0.15, 0.2) is 0 Å². The average molecular weight is 250 g/mol. The highest BCUT2D eigenvalue weighted by molar-refractivity contribution is 5.87. The summed E-state index contributed by atoms with van der Waals surface area (Å²) in [6, 6.07) is 6.72. The normalized spacial score (nSPS) is 12.1. The van der Waals surface area contributed by atoms with Gasteiger partial charge in [0.1, 0.15) is 5.75 Å². The van der Waals surface area contributed by atoms with Crippen molar-refractivity contribution in [2.24, 2.45) is 0 Å². The second-order valence-electron chi connectivity index (χ2n) is 4.50. The Bertz CT molecular complexity index is 374.